The molecule has 3 aromatic rings. The van der Waals surface area contributed by atoms with E-state index in [0.29, 0.717) is 6.07 Å². The smallest absolute Gasteiger partial charge is 0.266 e. The van der Waals surface area contributed by atoms with Gasteiger partial charge in [-0.05, 0) is 31.2 Å². The van der Waals surface area contributed by atoms with E-state index in [-0.39, 0.29) is 22.4 Å². The molecule has 0 aliphatic rings. The second-order valence-corrected chi connectivity index (χ2v) is 5.98. The Morgan fingerprint density at radius 2 is 1.78 bits per heavy atom. The standard InChI is InChI=1S/C18H14F5N3O/c1-8(24)17-25-13-4-2-3-12(16(22)23)14(13)18(27)26(17)11-6-9(15(20)21)5-10(19)7-11/h2-8,15-16H,24H2,1H3/t8-/m0/s1. The Labute approximate surface area is 150 Å². The summed E-state index contributed by atoms with van der Waals surface area (Å²) < 4.78 is 67.4. The number of hydrogen-bond acceptors (Lipinski definition) is 3. The molecule has 0 saturated heterocycles. The third kappa shape index (κ3) is 3.42. The minimum absolute atomic E-state index is 0.00756. The zero-order chi connectivity index (χ0) is 19.9. The van der Waals surface area contributed by atoms with E-state index in [9.17, 15) is 26.7 Å². The van der Waals surface area contributed by atoms with E-state index in [1.54, 1.807) is 0 Å². The van der Waals surface area contributed by atoms with Gasteiger partial charge in [0.15, 0.2) is 0 Å². The second-order valence-electron chi connectivity index (χ2n) is 5.98. The Morgan fingerprint density at radius 1 is 1.07 bits per heavy atom. The lowest BCUT2D eigenvalue weighted by molar-refractivity contribution is 0.151. The molecule has 0 amide bonds. The van der Waals surface area contributed by atoms with Crippen molar-refractivity contribution in [2.24, 2.45) is 5.73 Å². The fraction of sp³-hybridized carbons (Fsp3) is 0.222. The monoisotopic (exact) mass is 383 g/mol. The number of aromatic nitrogens is 2. The Morgan fingerprint density at radius 3 is 2.37 bits per heavy atom. The van der Waals surface area contributed by atoms with Crippen LogP contribution >= 0.6 is 0 Å². The van der Waals surface area contributed by atoms with Crippen LogP contribution in [0, 0.1) is 5.82 Å². The molecule has 0 aliphatic carbocycles. The fourth-order valence-corrected chi connectivity index (χ4v) is 2.86. The summed E-state index contributed by atoms with van der Waals surface area (Å²) in [5, 5.41) is -0.375. The molecule has 0 bridgehead atoms. The Balaban J connectivity index is 2.45. The van der Waals surface area contributed by atoms with Crippen molar-refractivity contribution in [3.63, 3.8) is 0 Å². The first-order chi connectivity index (χ1) is 12.7. The minimum atomic E-state index is -2.99. The molecular weight excluding hydrogens is 369 g/mol. The number of benzene rings is 2. The highest BCUT2D eigenvalue weighted by Gasteiger charge is 2.22. The van der Waals surface area contributed by atoms with Crippen molar-refractivity contribution in [2.75, 3.05) is 0 Å². The molecule has 1 heterocycles. The lowest BCUT2D eigenvalue weighted by Gasteiger charge is -2.18. The number of fused-ring (bicyclic) bond motifs is 1. The third-order valence-electron chi connectivity index (χ3n) is 4.01. The summed E-state index contributed by atoms with van der Waals surface area (Å²) >= 11 is 0. The van der Waals surface area contributed by atoms with E-state index < -0.39 is 41.4 Å². The molecule has 3 rings (SSSR count). The second kappa shape index (κ2) is 7.07. The van der Waals surface area contributed by atoms with Gasteiger partial charge in [0.25, 0.3) is 18.4 Å². The van der Waals surface area contributed by atoms with E-state index in [4.69, 9.17) is 5.73 Å². The van der Waals surface area contributed by atoms with Crippen LogP contribution < -0.4 is 11.3 Å². The zero-order valence-corrected chi connectivity index (χ0v) is 14.0. The van der Waals surface area contributed by atoms with Gasteiger partial charge >= 0.3 is 0 Å². The Bertz CT molecular complexity index is 1060. The van der Waals surface area contributed by atoms with Crippen LogP contribution in [0.1, 0.15) is 42.8 Å². The average molecular weight is 383 g/mol. The van der Waals surface area contributed by atoms with Crippen LogP contribution in [0.15, 0.2) is 41.2 Å². The van der Waals surface area contributed by atoms with Crippen LogP contribution in [0.5, 0.6) is 0 Å². The number of nitrogens with zero attached hydrogens (tertiary/aromatic N) is 2. The summed E-state index contributed by atoms with van der Waals surface area (Å²) in [6.07, 6.45) is -5.94. The predicted molar refractivity (Wildman–Crippen MR) is 89.8 cm³/mol. The van der Waals surface area contributed by atoms with Gasteiger partial charge in [-0.25, -0.2) is 26.9 Å². The maximum absolute atomic E-state index is 13.8. The maximum atomic E-state index is 13.8. The van der Waals surface area contributed by atoms with Crippen molar-refractivity contribution in [3.8, 4) is 5.69 Å². The first kappa shape index (κ1) is 19.0. The zero-order valence-electron chi connectivity index (χ0n) is 14.0. The molecule has 4 nitrogen and oxygen atoms in total. The summed E-state index contributed by atoms with van der Waals surface area (Å²) in [6.45, 7) is 1.48. The normalized spacial score (nSPS) is 12.9. The number of rotatable bonds is 4. The first-order valence-electron chi connectivity index (χ1n) is 7.89. The molecule has 1 aromatic heterocycles. The molecule has 0 saturated carbocycles. The van der Waals surface area contributed by atoms with Gasteiger partial charge < -0.3 is 5.73 Å². The van der Waals surface area contributed by atoms with Crippen LogP contribution in [0.3, 0.4) is 0 Å². The molecule has 142 valence electrons. The maximum Gasteiger partial charge on any atom is 0.266 e. The lowest BCUT2D eigenvalue weighted by Crippen LogP contribution is -2.28. The fourth-order valence-electron chi connectivity index (χ4n) is 2.86. The van der Waals surface area contributed by atoms with Gasteiger partial charge in [-0.2, -0.15) is 0 Å². The molecule has 0 spiro atoms. The van der Waals surface area contributed by atoms with E-state index >= 15 is 0 Å². The quantitative estimate of drug-likeness (QED) is 0.679. The van der Waals surface area contributed by atoms with E-state index in [0.717, 1.165) is 22.8 Å². The number of halogens is 5. The van der Waals surface area contributed by atoms with Gasteiger partial charge in [-0.15, -0.1) is 0 Å². The molecule has 0 fully saturated rings. The van der Waals surface area contributed by atoms with Crippen molar-refractivity contribution in [2.45, 2.75) is 25.8 Å². The SMILES string of the molecule is C[C@H](N)c1nc2cccc(C(F)F)c2c(=O)n1-c1cc(F)cc(C(F)F)c1. The third-order valence-corrected chi connectivity index (χ3v) is 4.01. The Hall–Kier alpha value is -2.81. The van der Waals surface area contributed by atoms with Crippen molar-refractivity contribution in [1.29, 1.82) is 0 Å². The van der Waals surface area contributed by atoms with Gasteiger partial charge in [0.2, 0.25) is 0 Å². The van der Waals surface area contributed by atoms with Crippen molar-refractivity contribution in [3.05, 3.63) is 69.5 Å². The Kier molecular flexibility index (Phi) is 4.97. The summed E-state index contributed by atoms with van der Waals surface area (Å²) in [5.74, 6) is -1.07. The largest absolute Gasteiger partial charge is 0.322 e. The van der Waals surface area contributed by atoms with Gasteiger partial charge in [0.05, 0.1) is 22.6 Å². The molecule has 9 heteroatoms. The topological polar surface area (TPSA) is 60.9 Å². The highest BCUT2D eigenvalue weighted by Crippen LogP contribution is 2.28. The van der Waals surface area contributed by atoms with Crippen LogP contribution in [0.2, 0.25) is 0 Å². The summed E-state index contributed by atoms with van der Waals surface area (Å²) in [6, 6.07) is 5.29. The molecule has 2 N–H and O–H groups in total. The average Bonchev–Trinajstić information content (AvgIpc) is 2.60. The van der Waals surface area contributed by atoms with Crippen LogP contribution in [-0.2, 0) is 0 Å². The molecule has 0 unspecified atom stereocenters. The number of alkyl halides is 4. The number of nitrogens with two attached hydrogens (primary N) is 1. The van der Waals surface area contributed by atoms with Gasteiger partial charge in [-0.1, -0.05) is 12.1 Å². The summed E-state index contributed by atoms with van der Waals surface area (Å²) in [5.41, 5.74) is 3.41. The summed E-state index contributed by atoms with van der Waals surface area (Å²) in [4.78, 5) is 17.1. The molecule has 0 radical (unpaired) electrons. The highest BCUT2D eigenvalue weighted by atomic mass is 19.3. The van der Waals surface area contributed by atoms with Crippen LogP contribution in [0.25, 0.3) is 16.6 Å². The summed E-state index contributed by atoms with van der Waals surface area (Å²) in [7, 11) is 0. The van der Waals surface area contributed by atoms with Crippen molar-refractivity contribution in [1.82, 2.24) is 9.55 Å². The van der Waals surface area contributed by atoms with Gasteiger partial charge in [0, 0.05) is 11.1 Å². The molecular formula is C18H14F5N3O. The molecule has 2 aromatic carbocycles. The van der Waals surface area contributed by atoms with E-state index in [1.165, 1.54) is 19.1 Å². The molecule has 0 aliphatic heterocycles. The molecule has 27 heavy (non-hydrogen) atoms. The van der Waals surface area contributed by atoms with Gasteiger partial charge in [0.1, 0.15) is 11.6 Å². The lowest BCUT2D eigenvalue weighted by atomic mass is 10.1. The van der Waals surface area contributed by atoms with Gasteiger partial charge in [-0.3, -0.25) is 9.36 Å². The van der Waals surface area contributed by atoms with E-state index in [1.807, 2.05) is 0 Å². The number of hydrogen-bond donors (Lipinski definition) is 1. The van der Waals surface area contributed by atoms with E-state index in [2.05, 4.69) is 4.98 Å². The predicted octanol–water partition coefficient (Wildman–Crippen LogP) is 4.42. The van der Waals surface area contributed by atoms with Crippen LogP contribution in [0.4, 0.5) is 22.0 Å². The van der Waals surface area contributed by atoms with Crippen LogP contribution in [-0.4, -0.2) is 9.55 Å². The molecule has 1 atom stereocenters. The van der Waals surface area contributed by atoms with Crippen molar-refractivity contribution < 1.29 is 22.0 Å². The van der Waals surface area contributed by atoms with Crippen molar-refractivity contribution >= 4 is 10.9 Å². The minimum Gasteiger partial charge on any atom is -0.322 e. The highest BCUT2D eigenvalue weighted by molar-refractivity contribution is 5.82. The first-order valence-corrected chi connectivity index (χ1v) is 7.89.